The van der Waals surface area contributed by atoms with Crippen LogP contribution in [0.1, 0.15) is 19.4 Å². The molecule has 88 valence electrons. The van der Waals surface area contributed by atoms with Crippen molar-refractivity contribution in [3.05, 3.63) is 40.1 Å². The molecule has 2 N–H and O–H groups in total. The van der Waals surface area contributed by atoms with Crippen molar-refractivity contribution in [2.24, 2.45) is 5.73 Å². The number of sulfone groups is 1. The van der Waals surface area contributed by atoms with Crippen molar-refractivity contribution in [2.75, 3.05) is 0 Å². The van der Waals surface area contributed by atoms with Gasteiger partial charge in [-0.15, -0.1) is 12.6 Å². The Labute approximate surface area is 102 Å². The van der Waals surface area contributed by atoms with Crippen LogP contribution in [0.3, 0.4) is 0 Å². The fourth-order valence-corrected chi connectivity index (χ4v) is 2.75. The zero-order valence-electron chi connectivity index (χ0n) is 9.21. The molecule has 0 spiro atoms. The number of nitrogens with two attached hydrogens (primary N) is 1. The third-order valence-electron chi connectivity index (χ3n) is 2.21. The summed E-state index contributed by atoms with van der Waals surface area (Å²) in [5.41, 5.74) is 6.64. The second-order valence-corrected chi connectivity index (χ2v) is 6.87. The highest BCUT2D eigenvalue weighted by Gasteiger charge is 2.22. The fraction of sp³-hybridized carbons (Fsp3) is 0.273. The topological polar surface area (TPSA) is 60.2 Å². The zero-order chi connectivity index (χ0) is 12.3. The van der Waals surface area contributed by atoms with Gasteiger partial charge in [0.05, 0.1) is 10.9 Å². The summed E-state index contributed by atoms with van der Waals surface area (Å²) < 4.78 is 23.6. The van der Waals surface area contributed by atoms with Crippen molar-refractivity contribution in [3.63, 3.8) is 0 Å². The van der Waals surface area contributed by atoms with Crippen LogP contribution in [0.4, 0.5) is 0 Å². The number of hydrogen-bond acceptors (Lipinski definition) is 4. The Bertz CT molecular complexity index is 490. The Kier molecular flexibility index (Phi) is 4.04. The van der Waals surface area contributed by atoms with Gasteiger partial charge in [-0.1, -0.05) is 30.3 Å². The first-order valence-corrected chi connectivity index (χ1v) is 6.84. The minimum atomic E-state index is -3.41. The summed E-state index contributed by atoms with van der Waals surface area (Å²) >= 11 is 4.02. The summed E-state index contributed by atoms with van der Waals surface area (Å²) in [6.45, 7) is 3.20. The maximum Gasteiger partial charge on any atom is 0.188 e. The van der Waals surface area contributed by atoms with E-state index in [0.717, 1.165) is 0 Å². The van der Waals surface area contributed by atoms with E-state index in [1.165, 1.54) is 0 Å². The van der Waals surface area contributed by atoms with Crippen molar-refractivity contribution in [1.82, 2.24) is 0 Å². The SMILES string of the molecule is CC(C)S(=O)(=O)/C(S)=C(/N)c1ccccc1. The molecule has 0 aliphatic heterocycles. The maximum atomic E-state index is 11.8. The standard InChI is InChI=1S/C11H15NO2S2/c1-8(2)16(13,14)11(15)10(12)9-6-4-3-5-7-9/h3-8,15H,12H2,1-2H3/b11-10+. The molecule has 0 bridgehead atoms. The molecule has 0 fully saturated rings. The van der Waals surface area contributed by atoms with Gasteiger partial charge in [-0.25, -0.2) is 8.42 Å². The van der Waals surface area contributed by atoms with Gasteiger partial charge in [0.1, 0.15) is 4.24 Å². The Morgan fingerprint density at radius 2 is 1.75 bits per heavy atom. The summed E-state index contributed by atoms with van der Waals surface area (Å²) in [7, 11) is -3.41. The molecular formula is C11H15NO2S2. The molecule has 0 atom stereocenters. The Morgan fingerprint density at radius 1 is 1.25 bits per heavy atom. The fourth-order valence-electron chi connectivity index (χ4n) is 1.12. The van der Waals surface area contributed by atoms with Crippen LogP contribution in [0.25, 0.3) is 5.70 Å². The van der Waals surface area contributed by atoms with E-state index < -0.39 is 15.1 Å². The highest BCUT2D eigenvalue weighted by Crippen LogP contribution is 2.24. The summed E-state index contributed by atoms with van der Waals surface area (Å²) in [4.78, 5) is 0. The Morgan fingerprint density at radius 3 is 2.19 bits per heavy atom. The van der Waals surface area contributed by atoms with Gasteiger partial charge in [-0.05, 0) is 19.4 Å². The van der Waals surface area contributed by atoms with Crippen molar-refractivity contribution in [1.29, 1.82) is 0 Å². The molecule has 0 saturated carbocycles. The normalized spacial score (nSPS) is 13.8. The predicted molar refractivity (Wildman–Crippen MR) is 70.6 cm³/mol. The van der Waals surface area contributed by atoms with Gasteiger partial charge >= 0.3 is 0 Å². The van der Waals surface area contributed by atoms with Gasteiger partial charge < -0.3 is 5.73 Å². The molecule has 0 aliphatic carbocycles. The van der Waals surface area contributed by atoms with Crippen LogP contribution in [0.15, 0.2) is 34.6 Å². The maximum absolute atomic E-state index is 11.8. The van der Waals surface area contributed by atoms with Crippen LogP contribution in [0.2, 0.25) is 0 Å². The first-order chi connectivity index (χ1) is 7.37. The average Bonchev–Trinajstić information content (AvgIpc) is 2.28. The van der Waals surface area contributed by atoms with Gasteiger partial charge in [-0.3, -0.25) is 0 Å². The van der Waals surface area contributed by atoms with Gasteiger partial charge in [0.15, 0.2) is 9.84 Å². The molecule has 0 unspecified atom stereocenters. The van der Waals surface area contributed by atoms with E-state index in [0.29, 0.717) is 5.56 Å². The van der Waals surface area contributed by atoms with Crippen molar-refractivity contribution in [2.45, 2.75) is 19.1 Å². The van der Waals surface area contributed by atoms with Crippen LogP contribution in [-0.4, -0.2) is 13.7 Å². The summed E-state index contributed by atoms with van der Waals surface area (Å²) in [6, 6.07) is 8.94. The molecule has 0 heterocycles. The molecular weight excluding hydrogens is 242 g/mol. The van der Waals surface area contributed by atoms with Crippen LogP contribution in [0, 0.1) is 0 Å². The quantitative estimate of drug-likeness (QED) is 0.814. The second-order valence-electron chi connectivity index (χ2n) is 3.68. The lowest BCUT2D eigenvalue weighted by Crippen LogP contribution is -2.16. The molecule has 16 heavy (non-hydrogen) atoms. The first kappa shape index (κ1) is 13.1. The third-order valence-corrected chi connectivity index (χ3v) is 5.21. The number of rotatable bonds is 3. The third kappa shape index (κ3) is 2.59. The van der Waals surface area contributed by atoms with Crippen molar-refractivity contribution in [3.8, 4) is 0 Å². The zero-order valence-corrected chi connectivity index (χ0v) is 10.9. The molecule has 1 aromatic carbocycles. The smallest absolute Gasteiger partial charge is 0.188 e. The minimum Gasteiger partial charge on any atom is -0.397 e. The Hall–Kier alpha value is -0.940. The number of hydrogen-bond donors (Lipinski definition) is 2. The van der Waals surface area contributed by atoms with Gasteiger partial charge in [-0.2, -0.15) is 0 Å². The van der Waals surface area contributed by atoms with E-state index >= 15 is 0 Å². The lowest BCUT2D eigenvalue weighted by atomic mass is 10.2. The molecule has 0 aliphatic rings. The summed E-state index contributed by atoms with van der Waals surface area (Å²) in [5, 5.41) is -0.526. The monoisotopic (exact) mass is 257 g/mol. The first-order valence-electron chi connectivity index (χ1n) is 4.85. The second kappa shape index (κ2) is 4.93. The van der Waals surface area contributed by atoms with E-state index in [1.807, 2.05) is 6.07 Å². The van der Waals surface area contributed by atoms with E-state index in [1.54, 1.807) is 38.1 Å². The van der Waals surface area contributed by atoms with Crippen LogP contribution in [0.5, 0.6) is 0 Å². The van der Waals surface area contributed by atoms with Crippen LogP contribution in [-0.2, 0) is 9.84 Å². The lowest BCUT2D eigenvalue weighted by molar-refractivity contribution is 0.596. The molecule has 5 heteroatoms. The molecule has 0 aromatic heterocycles. The predicted octanol–water partition coefficient (Wildman–Crippen LogP) is 2.02. The molecule has 0 amide bonds. The van der Waals surface area contributed by atoms with E-state index in [9.17, 15) is 8.42 Å². The van der Waals surface area contributed by atoms with Crippen LogP contribution >= 0.6 is 12.6 Å². The molecule has 1 rings (SSSR count). The highest BCUT2D eigenvalue weighted by molar-refractivity contribution is 8.10. The van der Waals surface area contributed by atoms with Crippen molar-refractivity contribution >= 4 is 28.2 Å². The largest absolute Gasteiger partial charge is 0.397 e. The molecule has 0 radical (unpaired) electrons. The highest BCUT2D eigenvalue weighted by atomic mass is 32.2. The van der Waals surface area contributed by atoms with E-state index in [2.05, 4.69) is 12.6 Å². The van der Waals surface area contributed by atoms with Crippen molar-refractivity contribution < 1.29 is 8.42 Å². The number of benzene rings is 1. The van der Waals surface area contributed by atoms with Gasteiger partial charge in [0, 0.05) is 0 Å². The average molecular weight is 257 g/mol. The van der Waals surface area contributed by atoms with Gasteiger partial charge in [0.2, 0.25) is 0 Å². The summed E-state index contributed by atoms with van der Waals surface area (Å²) in [6.07, 6.45) is 0. The molecule has 1 aromatic rings. The molecule has 0 saturated heterocycles. The molecule has 3 nitrogen and oxygen atoms in total. The van der Waals surface area contributed by atoms with E-state index in [-0.39, 0.29) is 9.93 Å². The Balaban J connectivity index is 3.27. The van der Waals surface area contributed by atoms with Gasteiger partial charge in [0.25, 0.3) is 0 Å². The lowest BCUT2D eigenvalue weighted by Gasteiger charge is -2.10. The van der Waals surface area contributed by atoms with Crippen LogP contribution < -0.4 is 5.73 Å². The van der Waals surface area contributed by atoms with E-state index in [4.69, 9.17) is 5.73 Å². The minimum absolute atomic E-state index is 0.0614. The number of thiol groups is 1. The summed E-state index contributed by atoms with van der Waals surface area (Å²) in [5.74, 6) is 0.